The second-order valence-electron chi connectivity index (χ2n) is 5.38. The Morgan fingerprint density at radius 3 is 2.47 bits per heavy atom. The van der Waals surface area contributed by atoms with Crippen LogP contribution in [0.3, 0.4) is 0 Å². The van der Waals surface area contributed by atoms with Crippen LogP contribution < -0.4 is 10.0 Å². The van der Waals surface area contributed by atoms with E-state index in [2.05, 4.69) is 17.0 Å². The maximum Gasteiger partial charge on any atom is 0.244 e. The summed E-state index contributed by atoms with van der Waals surface area (Å²) in [6.07, 6.45) is 1.11. The summed E-state index contributed by atoms with van der Waals surface area (Å²) in [6, 6.07) is 0. The average molecular weight is 286 g/mol. The smallest absolute Gasteiger partial charge is 0.244 e. The molecule has 0 aliphatic heterocycles. The predicted octanol–water partition coefficient (Wildman–Crippen LogP) is 1.55. The van der Waals surface area contributed by atoms with Crippen LogP contribution >= 0.6 is 0 Å². The molecule has 2 unspecified atom stereocenters. The number of aryl methyl sites for hydroxylation is 2. The minimum absolute atomic E-state index is 0.299. The van der Waals surface area contributed by atoms with E-state index in [0.29, 0.717) is 41.3 Å². The van der Waals surface area contributed by atoms with E-state index in [1.165, 1.54) is 0 Å². The molecule has 0 radical (unpaired) electrons. The van der Waals surface area contributed by atoms with Crippen molar-refractivity contribution in [3.8, 4) is 0 Å². The van der Waals surface area contributed by atoms with Crippen LogP contribution in [0.2, 0.25) is 0 Å². The van der Waals surface area contributed by atoms with Crippen molar-refractivity contribution in [2.24, 2.45) is 11.8 Å². The minimum atomic E-state index is -3.49. The zero-order chi connectivity index (χ0) is 14.2. The minimum Gasteiger partial charge on any atom is -0.465 e. The number of hydrogen-bond acceptors (Lipinski definition) is 4. The van der Waals surface area contributed by atoms with Crippen molar-refractivity contribution >= 4 is 10.0 Å². The lowest BCUT2D eigenvalue weighted by atomic mass is 10.2. The Morgan fingerprint density at radius 1 is 1.32 bits per heavy atom. The molecule has 1 aliphatic rings. The van der Waals surface area contributed by atoms with Crippen LogP contribution in [0.1, 0.15) is 30.4 Å². The third kappa shape index (κ3) is 3.01. The second kappa shape index (κ2) is 5.26. The first-order chi connectivity index (χ1) is 8.86. The normalized spacial score (nSPS) is 22.7. The fourth-order valence-electron chi connectivity index (χ4n) is 2.42. The summed E-state index contributed by atoms with van der Waals surface area (Å²) in [5.74, 6) is 2.23. The van der Waals surface area contributed by atoms with Crippen molar-refractivity contribution in [2.75, 3.05) is 13.6 Å². The van der Waals surface area contributed by atoms with Crippen molar-refractivity contribution in [3.63, 3.8) is 0 Å². The van der Waals surface area contributed by atoms with Gasteiger partial charge in [-0.1, -0.05) is 6.92 Å². The standard InChI is InChI=1S/C13H22N2O3S/c1-8-5-11(8)6-15-19(16,17)13-10(3)18-9(2)12(13)7-14-4/h8,11,14-15H,5-7H2,1-4H3. The Morgan fingerprint density at radius 2 is 1.95 bits per heavy atom. The molecule has 6 heteroatoms. The van der Waals surface area contributed by atoms with Crippen LogP contribution in [0, 0.1) is 25.7 Å². The number of sulfonamides is 1. The summed E-state index contributed by atoms with van der Waals surface area (Å²) in [5, 5.41) is 2.98. The Labute approximate surface area is 114 Å². The van der Waals surface area contributed by atoms with Crippen molar-refractivity contribution in [1.29, 1.82) is 0 Å². The van der Waals surface area contributed by atoms with Crippen LogP contribution in [0.5, 0.6) is 0 Å². The van der Waals surface area contributed by atoms with Crippen LogP contribution in [0.4, 0.5) is 0 Å². The average Bonchev–Trinajstić information content (AvgIpc) is 2.94. The Hall–Kier alpha value is -0.850. The van der Waals surface area contributed by atoms with E-state index < -0.39 is 10.0 Å². The Kier molecular flexibility index (Phi) is 4.03. The molecule has 19 heavy (non-hydrogen) atoms. The topological polar surface area (TPSA) is 71.3 Å². The zero-order valence-electron chi connectivity index (χ0n) is 11.9. The molecule has 2 atom stereocenters. The lowest BCUT2D eigenvalue weighted by Crippen LogP contribution is -2.27. The molecule has 2 N–H and O–H groups in total. The van der Waals surface area contributed by atoms with E-state index in [9.17, 15) is 8.42 Å². The third-order valence-electron chi connectivity index (χ3n) is 3.76. The Balaban J connectivity index is 2.23. The summed E-state index contributed by atoms with van der Waals surface area (Å²) in [5.41, 5.74) is 0.719. The number of furan rings is 1. The highest BCUT2D eigenvalue weighted by Gasteiger charge is 2.34. The highest BCUT2D eigenvalue weighted by Crippen LogP contribution is 2.37. The van der Waals surface area contributed by atoms with Gasteiger partial charge >= 0.3 is 0 Å². The monoisotopic (exact) mass is 286 g/mol. The van der Waals surface area contributed by atoms with Crippen molar-refractivity contribution in [3.05, 3.63) is 17.1 Å². The zero-order valence-corrected chi connectivity index (χ0v) is 12.7. The fourth-order valence-corrected chi connectivity index (χ4v) is 3.95. The molecular weight excluding hydrogens is 264 g/mol. The molecule has 0 bridgehead atoms. The molecule has 0 amide bonds. The first-order valence-corrected chi connectivity index (χ1v) is 8.08. The lowest BCUT2D eigenvalue weighted by Gasteiger charge is -2.08. The molecule has 1 heterocycles. The molecule has 0 spiro atoms. The molecule has 0 saturated heterocycles. The van der Waals surface area contributed by atoms with E-state index in [1.807, 2.05) is 0 Å². The summed E-state index contributed by atoms with van der Waals surface area (Å²) < 4.78 is 33.0. The van der Waals surface area contributed by atoms with Crippen molar-refractivity contribution in [2.45, 2.75) is 38.6 Å². The molecule has 108 valence electrons. The van der Waals surface area contributed by atoms with Crippen molar-refractivity contribution < 1.29 is 12.8 Å². The molecular formula is C13H22N2O3S. The summed E-state index contributed by atoms with van der Waals surface area (Å²) >= 11 is 0. The van der Waals surface area contributed by atoms with E-state index in [4.69, 9.17) is 4.42 Å². The summed E-state index contributed by atoms with van der Waals surface area (Å²) in [6.45, 7) is 6.63. The maximum atomic E-state index is 12.4. The molecule has 1 saturated carbocycles. The molecule has 1 fully saturated rings. The maximum absolute atomic E-state index is 12.4. The van der Waals surface area contributed by atoms with Gasteiger partial charge in [-0.2, -0.15) is 0 Å². The van der Waals surface area contributed by atoms with Gasteiger partial charge in [-0.05, 0) is 39.2 Å². The van der Waals surface area contributed by atoms with Gasteiger partial charge < -0.3 is 9.73 Å². The number of nitrogens with one attached hydrogen (secondary N) is 2. The molecule has 1 aromatic rings. The Bertz CT molecular complexity index is 563. The van der Waals surface area contributed by atoms with E-state index in [0.717, 1.165) is 12.0 Å². The molecule has 0 aromatic carbocycles. The van der Waals surface area contributed by atoms with Crippen LogP contribution in [0.15, 0.2) is 9.31 Å². The van der Waals surface area contributed by atoms with Gasteiger partial charge in [0, 0.05) is 18.7 Å². The van der Waals surface area contributed by atoms with E-state index in [1.54, 1.807) is 20.9 Å². The second-order valence-corrected chi connectivity index (χ2v) is 7.08. The lowest BCUT2D eigenvalue weighted by molar-refractivity contribution is 0.493. The number of hydrogen-bond donors (Lipinski definition) is 2. The molecule has 1 aromatic heterocycles. The first-order valence-electron chi connectivity index (χ1n) is 6.60. The molecule has 5 nitrogen and oxygen atoms in total. The van der Waals surface area contributed by atoms with Gasteiger partial charge in [-0.15, -0.1) is 0 Å². The van der Waals surface area contributed by atoms with Gasteiger partial charge in [0.1, 0.15) is 16.4 Å². The van der Waals surface area contributed by atoms with Crippen LogP contribution in [0.25, 0.3) is 0 Å². The van der Waals surface area contributed by atoms with E-state index in [-0.39, 0.29) is 0 Å². The molecule has 2 rings (SSSR count). The van der Waals surface area contributed by atoms with Gasteiger partial charge in [0.15, 0.2) is 0 Å². The van der Waals surface area contributed by atoms with Gasteiger partial charge in [0.25, 0.3) is 0 Å². The highest BCUT2D eigenvalue weighted by molar-refractivity contribution is 7.89. The molecule has 1 aliphatic carbocycles. The predicted molar refractivity (Wildman–Crippen MR) is 73.4 cm³/mol. The first kappa shape index (κ1) is 14.6. The van der Waals surface area contributed by atoms with Crippen LogP contribution in [-0.2, 0) is 16.6 Å². The van der Waals surface area contributed by atoms with E-state index >= 15 is 0 Å². The van der Waals surface area contributed by atoms with Crippen molar-refractivity contribution in [1.82, 2.24) is 10.0 Å². The van der Waals surface area contributed by atoms with Gasteiger partial charge in [-0.3, -0.25) is 0 Å². The van der Waals surface area contributed by atoms with Gasteiger partial charge in [-0.25, -0.2) is 13.1 Å². The van der Waals surface area contributed by atoms with Crippen LogP contribution in [-0.4, -0.2) is 22.0 Å². The van der Waals surface area contributed by atoms with Gasteiger partial charge in [0.2, 0.25) is 10.0 Å². The quantitative estimate of drug-likeness (QED) is 0.832. The summed E-state index contributed by atoms with van der Waals surface area (Å²) in [4.78, 5) is 0.299. The highest BCUT2D eigenvalue weighted by atomic mass is 32.2. The largest absolute Gasteiger partial charge is 0.465 e. The summed E-state index contributed by atoms with van der Waals surface area (Å²) in [7, 11) is -1.70. The fraction of sp³-hybridized carbons (Fsp3) is 0.692. The van der Waals surface area contributed by atoms with Gasteiger partial charge in [0.05, 0.1) is 0 Å². The number of rotatable bonds is 6. The third-order valence-corrected chi connectivity index (χ3v) is 5.38. The SMILES string of the molecule is CNCc1c(C)oc(C)c1S(=O)(=O)NCC1CC1C.